The first kappa shape index (κ1) is 21.3. The quantitative estimate of drug-likeness (QED) is 0.381. The fraction of sp³-hybridized carbons (Fsp3) is 0.364. The van der Waals surface area contributed by atoms with Gasteiger partial charge in [-0.15, -0.1) is 15.6 Å². The van der Waals surface area contributed by atoms with Gasteiger partial charge >= 0.3 is 16.3 Å². The van der Waals surface area contributed by atoms with Crippen molar-refractivity contribution in [2.45, 2.75) is 39.5 Å². The maximum Gasteiger partial charge on any atom is 0.467 e. The third-order valence-electron chi connectivity index (χ3n) is 5.79. The van der Waals surface area contributed by atoms with Crippen molar-refractivity contribution < 1.29 is 24.3 Å². The average molecular weight is 472 g/mol. The van der Waals surface area contributed by atoms with Crippen molar-refractivity contribution >= 4 is 39.3 Å². The SMILES string of the molecule is CC(C)C1Cc2c(sc3c2c(=O)n(Cc2ccccc2)c2[n+]3=C(SCC(=O)[O-])[NH2+]N=2)CO1. The second-order valence-electron chi connectivity index (χ2n) is 8.25. The number of quaternary nitrogens is 1. The van der Waals surface area contributed by atoms with Crippen LogP contribution in [0.4, 0.5) is 0 Å². The number of nitrogens with zero attached hydrogens (tertiary/aromatic N) is 3. The van der Waals surface area contributed by atoms with Crippen LogP contribution >= 0.6 is 23.1 Å². The number of rotatable bonds is 6. The van der Waals surface area contributed by atoms with Crippen LogP contribution in [0.25, 0.3) is 10.2 Å². The van der Waals surface area contributed by atoms with E-state index in [1.807, 2.05) is 34.6 Å². The number of thioether (sulfide) groups is 1. The summed E-state index contributed by atoms with van der Waals surface area (Å²) < 4.78 is 9.65. The minimum absolute atomic E-state index is 0.0627. The van der Waals surface area contributed by atoms with Gasteiger partial charge in [0.05, 0.1) is 18.7 Å². The largest absolute Gasteiger partial charge is 0.549 e. The highest BCUT2D eigenvalue weighted by Gasteiger charge is 2.34. The van der Waals surface area contributed by atoms with Gasteiger partial charge in [0.25, 0.3) is 0 Å². The molecule has 0 saturated heterocycles. The highest BCUT2D eigenvalue weighted by molar-refractivity contribution is 8.01. The van der Waals surface area contributed by atoms with E-state index >= 15 is 0 Å². The smallest absolute Gasteiger partial charge is 0.467 e. The van der Waals surface area contributed by atoms with Gasteiger partial charge in [-0.3, -0.25) is 4.79 Å². The van der Waals surface area contributed by atoms with Crippen LogP contribution in [0, 0.1) is 11.1 Å². The molecule has 0 radical (unpaired) electrons. The zero-order valence-electron chi connectivity index (χ0n) is 17.7. The van der Waals surface area contributed by atoms with Crippen molar-refractivity contribution in [1.29, 1.82) is 0 Å². The van der Waals surface area contributed by atoms with Crippen molar-refractivity contribution in [3.05, 3.63) is 67.5 Å². The summed E-state index contributed by atoms with van der Waals surface area (Å²) >= 11 is 2.68. The van der Waals surface area contributed by atoms with Gasteiger partial charge in [0.2, 0.25) is 0 Å². The summed E-state index contributed by atoms with van der Waals surface area (Å²) in [5.74, 6) is -0.982. The summed E-state index contributed by atoms with van der Waals surface area (Å²) in [5, 5.41) is 17.0. The van der Waals surface area contributed by atoms with Crippen LogP contribution in [-0.4, -0.2) is 22.4 Å². The van der Waals surface area contributed by atoms with Gasteiger partial charge in [0, 0.05) is 17.1 Å². The van der Waals surface area contributed by atoms with Crippen LogP contribution < -0.4 is 26.0 Å². The van der Waals surface area contributed by atoms with Crippen LogP contribution in [0.2, 0.25) is 0 Å². The van der Waals surface area contributed by atoms with Crippen LogP contribution in [0.3, 0.4) is 0 Å². The number of ether oxygens (including phenoxy) is 1. The zero-order chi connectivity index (χ0) is 22.4. The Labute approximate surface area is 191 Å². The molecule has 0 saturated carbocycles. The molecule has 2 aromatic heterocycles. The molecule has 1 atom stereocenters. The number of hydrogen-bond acceptors (Lipinski definition) is 7. The topological polar surface area (TPSA) is 106 Å². The molecule has 1 unspecified atom stereocenters. The Hall–Kier alpha value is -2.53. The van der Waals surface area contributed by atoms with E-state index in [0.717, 1.165) is 32.6 Å². The molecule has 3 aromatic rings. The molecule has 5 rings (SSSR count). The lowest BCUT2D eigenvalue weighted by Crippen LogP contribution is -2.76. The fourth-order valence-electron chi connectivity index (χ4n) is 4.16. The summed E-state index contributed by atoms with van der Waals surface area (Å²) in [6.07, 6.45) is 0.752. The molecule has 10 heteroatoms. The van der Waals surface area contributed by atoms with Gasteiger partial charge in [-0.1, -0.05) is 49.6 Å². The van der Waals surface area contributed by atoms with E-state index in [-0.39, 0.29) is 17.4 Å². The Morgan fingerprint density at radius 2 is 2.19 bits per heavy atom. The van der Waals surface area contributed by atoms with Gasteiger partial charge in [-0.25, -0.2) is 0 Å². The lowest BCUT2D eigenvalue weighted by molar-refractivity contribution is -0.681. The molecule has 0 amide bonds. The number of aliphatic carboxylic acids is 1. The molecular formula is C22H23N4O4S2+. The molecule has 32 heavy (non-hydrogen) atoms. The van der Waals surface area contributed by atoms with Gasteiger partial charge in [0.15, 0.2) is 4.83 Å². The van der Waals surface area contributed by atoms with Gasteiger partial charge in [-0.05, 0) is 28.8 Å². The Balaban J connectivity index is 1.78. The number of carbonyl (C=O) groups excluding carboxylic acids is 1. The van der Waals surface area contributed by atoms with Crippen LogP contribution in [0.5, 0.6) is 0 Å². The monoisotopic (exact) mass is 471 g/mol. The van der Waals surface area contributed by atoms with Crippen molar-refractivity contribution in [3.8, 4) is 0 Å². The van der Waals surface area contributed by atoms with Crippen LogP contribution in [0.15, 0.2) is 40.2 Å². The molecule has 166 valence electrons. The van der Waals surface area contributed by atoms with E-state index in [0.29, 0.717) is 41.7 Å². The highest BCUT2D eigenvalue weighted by Crippen LogP contribution is 2.34. The Morgan fingerprint density at radius 1 is 1.41 bits per heavy atom. The summed E-state index contributed by atoms with van der Waals surface area (Å²) in [6.45, 7) is 5.12. The van der Waals surface area contributed by atoms with E-state index in [9.17, 15) is 14.7 Å². The van der Waals surface area contributed by atoms with E-state index in [1.165, 1.54) is 11.3 Å². The molecule has 0 spiro atoms. The van der Waals surface area contributed by atoms with Crippen molar-refractivity contribution in [2.24, 2.45) is 11.0 Å². The zero-order valence-corrected chi connectivity index (χ0v) is 19.4. The number of hydrogen-bond donors (Lipinski definition) is 1. The van der Waals surface area contributed by atoms with E-state index in [1.54, 1.807) is 9.99 Å². The van der Waals surface area contributed by atoms with Gasteiger partial charge < -0.3 is 14.6 Å². The van der Waals surface area contributed by atoms with E-state index < -0.39 is 5.97 Å². The predicted octanol–water partition coefficient (Wildman–Crippen LogP) is -0.614. The lowest BCUT2D eigenvalue weighted by Gasteiger charge is -2.25. The second-order valence-corrected chi connectivity index (χ2v) is 10.3. The molecule has 2 N–H and O–H groups in total. The number of carboxylic acids is 1. The molecule has 0 aliphatic carbocycles. The first-order valence-corrected chi connectivity index (χ1v) is 12.3. The maximum atomic E-state index is 13.8. The summed E-state index contributed by atoms with van der Waals surface area (Å²) in [7, 11) is 0. The van der Waals surface area contributed by atoms with E-state index in [4.69, 9.17) is 4.74 Å². The summed E-state index contributed by atoms with van der Waals surface area (Å²) in [6, 6.07) is 9.79. The Kier molecular flexibility index (Phi) is 5.62. The van der Waals surface area contributed by atoms with Gasteiger partial charge in [-0.2, -0.15) is 4.57 Å². The number of carbonyl (C=O) groups is 1. The van der Waals surface area contributed by atoms with Crippen molar-refractivity contribution in [2.75, 3.05) is 5.75 Å². The average Bonchev–Trinajstić information content (AvgIpc) is 3.36. The fourth-order valence-corrected chi connectivity index (χ4v) is 6.16. The number of thiophene rings is 1. The van der Waals surface area contributed by atoms with Crippen molar-refractivity contribution in [3.63, 3.8) is 0 Å². The molecule has 0 fully saturated rings. The highest BCUT2D eigenvalue weighted by atomic mass is 32.2. The maximum absolute atomic E-state index is 13.8. The Morgan fingerprint density at radius 3 is 2.91 bits per heavy atom. The number of nitrogens with two attached hydrogens (primary N) is 1. The lowest BCUT2D eigenvalue weighted by atomic mass is 9.96. The predicted molar refractivity (Wildman–Crippen MR) is 118 cm³/mol. The molecule has 1 aromatic carbocycles. The first-order chi connectivity index (χ1) is 15.4. The number of benzene rings is 1. The third kappa shape index (κ3) is 3.66. The molecule has 2 aliphatic heterocycles. The minimum atomic E-state index is -1.14. The normalized spacial score (nSPS) is 17.5. The molecule has 4 heterocycles. The number of aromatic nitrogens is 2. The summed E-state index contributed by atoms with van der Waals surface area (Å²) in [5.41, 5.74) is 4.12. The van der Waals surface area contributed by atoms with Crippen LogP contribution in [-0.2, 0) is 29.1 Å². The standard InChI is InChI=1S/C22H22N4O4S2/c1-12(2)15-8-14-16(10-30-15)32-20-18(14)19(29)25(9-13-6-4-3-5-7-13)21-23-24-22(26(20)21)31-11-17(27)28/h3-7,12,15H,8-11H2,1-2H3,(H,27,28)/p+1. The molecule has 8 nitrogen and oxygen atoms in total. The van der Waals surface area contributed by atoms with Crippen molar-refractivity contribution in [1.82, 2.24) is 4.57 Å². The molecular weight excluding hydrogens is 448 g/mol. The number of fused-ring (bicyclic) bond motifs is 5. The first-order valence-electron chi connectivity index (χ1n) is 10.5. The summed E-state index contributed by atoms with van der Waals surface area (Å²) in [4.78, 5) is 26.7. The van der Waals surface area contributed by atoms with Crippen LogP contribution in [0.1, 0.15) is 29.9 Å². The molecule has 2 aliphatic rings. The number of carboxylic acid groups (broad SMARTS) is 1. The van der Waals surface area contributed by atoms with Gasteiger partial charge in [0.1, 0.15) is 17.0 Å². The van der Waals surface area contributed by atoms with E-state index in [2.05, 4.69) is 18.9 Å². The second kappa shape index (κ2) is 8.43. The third-order valence-corrected chi connectivity index (χ3v) is 7.94. The molecule has 0 bridgehead atoms. The Bertz CT molecular complexity index is 1400. The minimum Gasteiger partial charge on any atom is -0.549 e.